The van der Waals surface area contributed by atoms with E-state index in [2.05, 4.69) is 21.9 Å². The van der Waals surface area contributed by atoms with Crippen LogP contribution in [-0.4, -0.2) is 68.2 Å². The number of piperazine rings is 1. The van der Waals surface area contributed by atoms with Crippen LogP contribution in [0.15, 0.2) is 24.3 Å². The fraction of sp³-hybridized carbons (Fsp3) is 0.750. The summed E-state index contributed by atoms with van der Waals surface area (Å²) < 4.78 is 11.7. The van der Waals surface area contributed by atoms with E-state index in [9.17, 15) is 5.11 Å². The van der Waals surface area contributed by atoms with E-state index < -0.39 is 0 Å². The summed E-state index contributed by atoms with van der Waals surface area (Å²) in [6.45, 7) is 5.19. The Bertz CT molecular complexity index is 649. The number of aliphatic hydroxyl groups excluding tert-OH is 1. The van der Waals surface area contributed by atoms with Crippen molar-refractivity contribution < 1.29 is 14.6 Å². The molecule has 0 radical (unpaired) electrons. The number of β-amino-alcohol motifs (C(OH)–C–C–N with tert-alkyl or cyclic N) is 1. The van der Waals surface area contributed by atoms with E-state index in [0.717, 1.165) is 56.2 Å². The average Bonchev–Trinajstić information content (AvgIpc) is 2.72. The highest BCUT2D eigenvalue weighted by Crippen LogP contribution is 2.57. The Kier molecular flexibility index (Phi) is 5.48. The second-order valence-electron chi connectivity index (χ2n) is 10.1. The van der Waals surface area contributed by atoms with E-state index in [4.69, 9.17) is 9.47 Å². The second-order valence-corrected chi connectivity index (χ2v) is 10.1. The molecule has 5 nitrogen and oxygen atoms in total. The van der Waals surface area contributed by atoms with Crippen LogP contribution in [0.1, 0.15) is 38.5 Å². The Morgan fingerprint density at radius 3 is 2.10 bits per heavy atom. The summed E-state index contributed by atoms with van der Waals surface area (Å²) in [6.07, 6.45) is 7.65. The molecule has 4 saturated carbocycles. The molecule has 1 aliphatic heterocycles. The summed E-state index contributed by atoms with van der Waals surface area (Å²) >= 11 is 0. The third kappa shape index (κ3) is 4.28. The van der Waals surface area contributed by atoms with Gasteiger partial charge in [0.1, 0.15) is 5.75 Å². The van der Waals surface area contributed by atoms with Crippen molar-refractivity contribution >= 4 is 5.69 Å². The van der Waals surface area contributed by atoms with Gasteiger partial charge in [-0.2, -0.15) is 0 Å². The standard InChI is InChI=1S/C24H36N2O3/c1-28-23-4-2-21(3-5-23)26-8-6-25(7-9-26)16-22(27)17-29-24-13-18-10-19(14-24)12-20(11-18)15-24/h2-5,18-20,22,27H,6-17H2,1H3/t18?,19?,20?,22-,24?/m0/s1. The molecule has 1 aromatic rings. The van der Waals surface area contributed by atoms with Gasteiger partial charge in [0.15, 0.2) is 0 Å². The first-order valence-corrected chi connectivity index (χ1v) is 11.5. The SMILES string of the molecule is COc1ccc(N2CCN(C[C@H](O)COC34CC5CC(CC(C5)C3)C4)CC2)cc1. The van der Waals surface area contributed by atoms with Crippen molar-refractivity contribution in [3.05, 3.63) is 24.3 Å². The highest BCUT2D eigenvalue weighted by molar-refractivity contribution is 5.49. The zero-order valence-electron chi connectivity index (χ0n) is 17.8. The minimum Gasteiger partial charge on any atom is -0.497 e. The molecule has 4 bridgehead atoms. The number of anilines is 1. The first-order chi connectivity index (χ1) is 14.1. The molecule has 0 aromatic heterocycles. The molecule has 1 saturated heterocycles. The van der Waals surface area contributed by atoms with Crippen LogP contribution >= 0.6 is 0 Å². The number of aliphatic hydroxyl groups is 1. The molecular formula is C24H36N2O3. The van der Waals surface area contributed by atoms with E-state index in [-0.39, 0.29) is 11.7 Å². The zero-order valence-corrected chi connectivity index (χ0v) is 17.8. The summed E-state index contributed by atoms with van der Waals surface area (Å²) in [7, 11) is 1.70. The number of nitrogens with zero attached hydrogens (tertiary/aromatic N) is 2. The van der Waals surface area contributed by atoms with Crippen LogP contribution in [0.5, 0.6) is 5.75 Å². The van der Waals surface area contributed by atoms with Crippen molar-refractivity contribution in [1.82, 2.24) is 4.90 Å². The van der Waals surface area contributed by atoms with Crippen molar-refractivity contribution in [2.75, 3.05) is 51.3 Å². The van der Waals surface area contributed by atoms with Crippen LogP contribution in [0.25, 0.3) is 0 Å². The monoisotopic (exact) mass is 400 g/mol. The predicted octanol–water partition coefficient (Wildman–Crippen LogP) is 3.16. The van der Waals surface area contributed by atoms with Gasteiger partial charge in [0.25, 0.3) is 0 Å². The minimum atomic E-state index is -0.379. The summed E-state index contributed by atoms with van der Waals surface area (Å²) in [5.41, 5.74) is 1.35. The van der Waals surface area contributed by atoms with E-state index in [1.165, 1.54) is 44.2 Å². The maximum Gasteiger partial charge on any atom is 0.119 e. The van der Waals surface area contributed by atoms with E-state index in [1.807, 2.05) is 12.1 Å². The highest BCUT2D eigenvalue weighted by Gasteiger charge is 2.51. The van der Waals surface area contributed by atoms with Gasteiger partial charge in [-0.3, -0.25) is 4.90 Å². The Morgan fingerprint density at radius 2 is 1.55 bits per heavy atom. The van der Waals surface area contributed by atoms with Crippen LogP contribution in [0, 0.1) is 17.8 Å². The van der Waals surface area contributed by atoms with Gasteiger partial charge in [-0.05, 0) is 80.5 Å². The maximum absolute atomic E-state index is 10.6. The number of rotatable bonds is 7. The smallest absolute Gasteiger partial charge is 0.119 e. The molecular weight excluding hydrogens is 364 g/mol. The lowest BCUT2D eigenvalue weighted by Crippen LogP contribution is -2.53. The molecule has 160 valence electrons. The first kappa shape index (κ1) is 19.7. The van der Waals surface area contributed by atoms with Gasteiger partial charge >= 0.3 is 0 Å². The molecule has 0 unspecified atom stereocenters. The summed E-state index contributed by atoms with van der Waals surface area (Å²) in [5, 5.41) is 10.6. The normalized spacial score (nSPS) is 35.1. The molecule has 29 heavy (non-hydrogen) atoms. The lowest BCUT2D eigenvalue weighted by atomic mass is 9.54. The van der Waals surface area contributed by atoms with Crippen LogP contribution in [-0.2, 0) is 4.74 Å². The van der Waals surface area contributed by atoms with Crippen molar-refractivity contribution in [1.29, 1.82) is 0 Å². The van der Waals surface area contributed by atoms with Gasteiger partial charge in [-0.25, -0.2) is 0 Å². The largest absolute Gasteiger partial charge is 0.497 e. The van der Waals surface area contributed by atoms with Crippen molar-refractivity contribution in [2.45, 2.75) is 50.2 Å². The summed E-state index contributed by atoms with van der Waals surface area (Å²) in [5.74, 6) is 3.58. The van der Waals surface area contributed by atoms with Crippen molar-refractivity contribution in [3.63, 3.8) is 0 Å². The van der Waals surface area contributed by atoms with Gasteiger partial charge in [0.2, 0.25) is 0 Å². The third-order valence-electron chi connectivity index (χ3n) is 7.84. The quantitative estimate of drug-likeness (QED) is 0.762. The molecule has 1 aromatic carbocycles. The van der Waals surface area contributed by atoms with Crippen LogP contribution in [0.2, 0.25) is 0 Å². The maximum atomic E-state index is 10.6. The van der Waals surface area contributed by atoms with E-state index in [1.54, 1.807) is 7.11 Å². The lowest BCUT2D eigenvalue weighted by Gasteiger charge is -2.56. The number of hydrogen-bond acceptors (Lipinski definition) is 5. The molecule has 6 rings (SSSR count). The molecule has 4 aliphatic carbocycles. The number of ether oxygens (including phenoxy) is 2. The van der Waals surface area contributed by atoms with E-state index >= 15 is 0 Å². The van der Waals surface area contributed by atoms with E-state index in [0.29, 0.717) is 6.61 Å². The first-order valence-electron chi connectivity index (χ1n) is 11.5. The summed E-state index contributed by atoms with van der Waals surface area (Å²) in [4.78, 5) is 4.79. The molecule has 1 heterocycles. The molecule has 0 amide bonds. The molecule has 5 fully saturated rings. The molecule has 5 aliphatic rings. The van der Waals surface area contributed by atoms with Crippen LogP contribution in [0.3, 0.4) is 0 Å². The molecule has 1 N–H and O–H groups in total. The van der Waals surface area contributed by atoms with Gasteiger partial charge in [0.05, 0.1) is 25.4 Å². The van der Waals surface area contributed by atoms with Gasteiger partial charge in [-0.1, -0.05) is 0 Å². The number of benzene rings is 1. The fourth-order valence-electron chi connectivity index (χ4n) is 6.81. The lowest BCUT2D eigenvalue weighted by molar-refractivity contribution is -0.176. The van der Waals surface area contributed by atoms with Gasteiger partial charge < -0.3 is 19.5 Å². The Labute approximate surface area is 175 Å². The topological polar surface area (TPSA) is 45.2 Å². The fourth-order valence-corrected chi connectivity index (χ4v) is 6.81. The third-order valence-corrected chi connectivity index (χ3v) is 7.84. The van der Waals surface area contributed by atoms with Crippen LogP contribution in [0.4, 0.5) is 5.69 Å². The highest BCUT2D eigenvalue weighted by atomic mass is 16.5. The average molecular weight is 401 g/mol. The second kappa shape index (κ2) is 8.09. The number of methoxy groups -OCH3 is 1. The number of hydrogen-bond donors (Lipinski definition) is 1. The molecule has 1 atom stereocenters. The van der Waals surface area contributed by atoms with Crippen molar-refractivity contribution in [3.8, 4) is 5.75 Å². The molecule has 5 heteroatoms. The van der Waals surface area contributed by atoms with Crippen molar-refractivity contribution in [2.24, 2.45) is 17.8 Å². The molecule has 0 spiro atoms. The predicted molar refractivity (Wildman–Crippen MR) is 115 cm³/mol. The van der Waals surface area contributed by atoms with Gasteiger partial charge in [0, 0.05) is 38.4 Å². The minimum absolute atomic E-state index is 0.1000. The summed E-state index contributed by atoms with van der Waals surface area (Å²) in [6, 6.07) is 8.30. The Balaban J connectivity index is 1.07. The Morgan fingerprint density at radius 1 is 0.966 bits per heavy atom. The van der Waals surface area contributed by atoms with Gasteiger partial charge in [-0.15, -0.1) is 0 Å². The zero-order chi connectivity index (χ0) is 19.8. The Hall–Kier alpha value is -1.30. The van der Waals surface area contributed by atoms with Crippen LogP contribution < -0.4 is 9.64 Å².